The molecule has 1 aromatic heterocycles. The second-order valence-electron chi connectivity index (χ2n) is 5.53. The predicted octanol–water partition coefficient (Wildman–Crippen LogP) is 4.44. The largest absolute Gasteiger partial charge is 0.495 e. The number of hydrogen-bond acceptors (Lipinski definition) is 5. The maximum atomic E-state index is 12.4. The molecule has 0 unspecified atom stereocenters. The van der Waals surface area contributed by atoms with Crippen LogP contribution >= 0.6 is 11.6 Å². The van der Waals surface area contributed by atoms with Crippen LogP contribution in [0.1, 0.15) is 15.9 Å². The smallest absolute Gasteiger partial charge is 0.258 e. The van der Waals surface area contributed by atoms with Crippen molar-refractivity contribution in [3.8, 4) is 5.75 Å². The van der Waals surface area contributed by atoms with Crippen molar-refractivity contribution in [2.24, 2.45) is 0 Å². The molecule has 0 fully saturated rings. The van der Waals surface area contributed by atoms with E-state index in [1.807, 2.05) is 37.3 Å². The number of amides is 1. The lowest BCUT2D eigenvalue weighted by molar-refractivity contribution is 0.102. The Balaban J connectivity index is 1.73. The maximum absolute atomic E-state index is 12.4. The number of methoxy groups -OCH3 is 1. The SMILES string of the molecule is COc1ccccc1Nc1ncc(C(=O)Nc2cc(Cl)ccc2C)cn1. The lowest BCUT2D eigenvalue weighted by atomic mass is 10.2. The van der Waals surface area contributed by atoms with Crippen molar-refractivity contribution < 1.29 is 9.53 Å². The van der Waals surface area contributed by atoms with Crippen molar-refractivity contribution in [2.75, 3.05) is 17.7 Å². The molecule has 6 nitrogen and oxygen atoms in total. The van der Waals surface area contributed by atoms with E-state index in [1.54, 1.807) is 19.2 Å². The first-order valence-electron chi connectivity index (χ1n) is 7.86. The fourth-order valence-corrected chi connectivity index (χ4v) is 2.47. The number of anilines is 3. The molecular formula is C19H17ClN4O2. The number of carbonyl (C=O) groups is 1. The van der Waals surface area contributed by atoms with Gasteiger partial charge in [0.1, 0.15) is 5.75 Å². The summed E-state index contributed by atoms with van der Waals surface area (Å²) in [5, 5.41) is 6.42. The lowest BCUT2D eigenvalue weighted by Gasteiger charge is -2.10. The summed E-state index contributed by atoms with van der Waals surface area (Å²) in [5.41, 5.74) is 2.65. The van der Waals surface area contributed by atoms with Crippen molar-refractivity contribution in [2.45, 2.75) is 6.92 Å². The zero-order valence-corrected chi connectivity index (χ0v) is 15.0. The third kappa shape index (κ3) is 4.10. The Bertz CT molecular complexity index is 929. The van der Waals surface area contributed by atoms with Crippen LogP contribution in [0.4, 0.5) is 17.3 Å². The Morgan fingerprint density at radius 3 is 2.54 bits per heavy atom. The first-order chi connectivity index (χ1) is 12.6. The van der Waals surface area contributed by atoms with Crippen LogP contribution in [-0.2, 0) is 0 Å². The van der Waals surface area contributed by atoms with E-state index in [0.717, 1.165) is 11.3 Å². The molecule has 1 amide bonds. The van der Waals surface area contributed by atoms with Crippen LogP contribution in [0.25, 0.3) is 0 Å². The first-order valence-corrected chi connectivity index (χ1v) is 8.24. The van der Waals surface area contributed by atoms with Gasteiger partial charge in [0.05, 0.1) is 18.4 Å². The molecule has 0 saturated carbocycles. The third-order valence-corrected chi connectivity index (χ3v) is 3.95. The second kappa shape index (κ2) is 7.84. The van der Waals surface area contributed by atoms with Crippen LogP contribution in [0, 0.1) is 6.92 Å². The van der Waals surface area contributed by atoms with Crippen LogP contribution in [0.15, 0.2) is 54.9 Å². The number of ether oxygens (including phenoxy) is 1. The molecule has 2 N–H and O–H groups in total. The van der Waals surface area contributed by atoms with Crippen LogP contribution < -0.4 is 15.4 Å². The van der Waals surface area contributed by atoms with Crippen LogP contribution in [0.2, 0.25) is 5.02 Å². The number of para-hydroxylation sites is 2. The van der Waals surface area contributed by atoms with Gasteiger partial charge >= 0.3 is 0 Å². The summed E-state index contributed by atoms with van der Waals surface area (Å²) in [7, 11) is 1.59. The molecule has 2 aromatic carbocycles. The van der Waals surface area contributed by atoms with Gasteiger partial charge in [-0.2, -0.15) is 0 Å². The summed E-state index contributed by atoms with van der Waals surface area (Å²) in [4.78, 5) is 20.7. The zero-order chi connectivity index (χ0) is 18.5. The van der Waals surface area contributed by atoms with Gasteiger partial charge in [0, 0.05) is 23.1 Å². The fourth-order valence-electron chi connectivity index (χ4n) is 2.30. The van der Waals surface area contributed by atoms with Crippen molar-refractivity contribution in [3.05, 3.63) is 71.0 Å². The monoisotopic (exact) mass is 368 g/mol. The minimum atomic E-state index is -0.306. The van der Waals surface area contributed by atoms with E-state index in [1.165, 1.54) is 12.4 Å². The summed E-state index contributed by atoms with van der Waals surface area (Å²) in [6.07, 6.45) is 2.92. The zero-order valence-electron chi connectivity index (χ0n) is 14.3. The average molecular weight is 369 g/mol. The molecule has 0 spiro atoms. The predicted molar refractivity (Wildman–Crippen MR) is 102 cm³/mol. The molecule has 7 heteroatoms. The van der Waals surface area contributed by atoms with Gasteiger partial charge < -0.3 is 15.4 Å². The molecule has 0 aliphatic rings. The third-order valence-electron chi connectivity index (χ3n) is 3.72. The number of halogens is 1. The summed E-state index contributed by atoms with van der Waals surface area (Å²) in [5.74, 6) is 0.735. The minimum Gasteiger partial charge on any atom is -0.495 e. The molecule has 0 aliphatic carbocycles. The van der Waals surface area contributed by atoms with E-state index >= 15 is 0 Å². The van der Waals surface area contributed by atoms with Gasteiger partial charge in [-0.25, -0.2) is 9.97 Å². The molecule has 0 saturated heterocycles. The molecule has 0 aliphatic heterocycles. The van der Waals surface area contributed by atoms with Crippen molar-refractivity contribution in [1.82, 2.24) is 9.97 Å². The van der Waals surface area contributed by atoms with Gasteiger partial charge in [-0.05, 0) is 36.8 Å². The molecule has 132 valence electrons. The molecule has 0 atom stereocenters. The Hall–Kier alpha value is -3.12. The lowest BCUT2D eigenvalue weighted by Crippen LogP contribution is -2.14. The number of aromatic nitrogens is 2. The molecule has 1 heterocycles. The summed E-state index contributed by atoms with van der Waals surface area (Å²) in [6, 6.07) is 12.7. The van der Waals surface area contributed by atoms with Crippen LogP contribution in [0.3, 0.4) is 0 Å². The van der Waals surface area contributed by atoms with E-state index in [-0.39, 0.29) is 5.91 Å². The second-order valence-corrected chi connectivity index (χ2v) is 5.97. The number of carbonyl (C=O) groups excluding carboxylic acids is 1. The number of nitrogens with zero attached hydrogens (tertiary/aromatic N) is 2. The highest BCUT2D eigenvalue weighted by molar-refractivity contribution is 6.31. The molecule has 26 heavy (non-hydrogen) atoms. The Kier molecular flexibility index (Phi) is 5.34. The number of aryl methyl sites for hydroxylation is 1. The number of hydrogen-bond donors (Lipinski definition) is 2. The van der Waals surface area contributed by atoms with E-state index < -0.39 is 0 Å². The highest BCUT2D eigenvalue weighted by atomic mass is 35.5. The van der Waals surface area contributed by atoms with Crippen molar-refractivity contribution in [3.63, 3.8) is 0 Å². The van der Waals surface area contributed by atoms with E-state index in [9.17, 15) is 4.79 Å². The maximum Gasteiger partial charge on any atom is 0.258 e. The van der Waals surface area contributed by atoms with E-state index in [4.69, 9.17) is 16.3 Å². The Morgan fingerprint density at radius 2 is 1.81 bits per heavy atom. The van der Waals surface area contributed by atoms with Crippen LogP contribution in [-0.4, -0.2) is 23.0 Å². The minimum absolute atomic E-state index is 0.306. The number of rotatable bonds is 5. The van der Waals surface area contributed by atoms with Crippen LogP contribution in [0.5, 0.6) is 5.75 Å². The van der Waals surface area contributed by atoms with Gasteiger partial charge in [-0.1, -0.05) is 29.8 Å². The van der Waals surface area contributed by atoms with Gasteiger partial charge in [0.25, 0.3) is 5.91 Å². The number of benzene rings is 2. The summed E-state index contributed by atoms with van der Waals surface area (Å²) < 4.78 is 5.27. The first kappa shape index (κ1) is 17.7. The number of nitrogens with one attached hydrogen (secondary N) is 2. The van der Waals surface area contributed by atoms with Gasteiger partial charge in [-0.3, -0.25) is 4.79 Å². The molecular weight excluding hydrogens is 352 g/mol. The van der Waals surface area contributed by atoms with E-state index in [2.05, 4.69) is 20.6 Å². The quantitative estimate of drug-likeness (QED) is 0.696. The fraction of sp³-hybridized carbons (Fsp3) is 0.105. The Labute approximate surface area is 156 Å². The summed E-state index contributed by atoms with van der Waals surface area (Å²) in [6.45, 7) is 1.89. The average Bonchev–Trinajstić information content (AvgIpc) is 2.65. The molecule has 0 bridgehead atoms. The normalized spacial score (nSPS) is 10.3. The topological polar surface area (TPSA) is 76.1 Å². The Morgan fingerprint density at radius 1 is 1.08 bits per heavy atom. The van der Waals surface area contributed by atoms with Gasteiger partial charge in [0.2, 0.25) is 5.95 Å². The highest BCUT2D eigenvalue weighted by Crippen LogP contribution is 2.25. The summed E-state index contributed by atoms with van der Waals surface area (Å²) >= 11 is 5.97. The molecule has 3 aromatic rings. The standard InChI is InChI=1S/C19H17ClN4O2/c1-12-7-8-14(20)9-16(12)23-18(25)13-10-21-19(22-11-13)24-15-5-3-4-6-17(15)26-2/h3-11H,1-2H3,(H,23,25)(H,21,22,24). The van der Waals surface area contributed by atoms with Crippen molar-refractivity contribution in [1.29, 1.82) is 0 Å². The molecule has 3 rings (SSSR count). The molecule has 0 radical (unpaired) electrons. The van der Waals surface area contributed by atoms with Gasteiger partial charge in [-0.15, -0.1) is 0 Å². The van der Waals surface area contributed by atoms with Crippen molar-refractivity contribution >= 4 is 34.8 Å². The highest BCUT2D eigenvalue weighted by Gasteiger charge is 2.10. The van der Waals surface area contributed by atoms with E-state index in [0.29, 0.717) is 28.0 Å². The van der Waals surface area contributed by atoms with Gasteiger partial charge in [0.15, 0.2) is 0 Å².